The van der Waals surface area contributed by atoms with E-state index in [9.17, 15) is 14.9 Å². The number of aryl methyl sites for hydroxylation is 1. The van der Waals surface area contributed by atoms with Gasteiger partial charge in [0, 0.05) is 11.6 Å². The second-order valence-corrected chi connectivity index (χ2v) is 5.15. The molecule has 0 N–H and O–H groups in total. The summed E-state index contributed by atoms with van der Waals surface area (Å²) >= 11 is 0. The van der Waals surface area contributed by atoms with Crippen molar-refractivity contribution in [2.45, 2.75) is 47.5 Å². The lowest BCUT2D eigenvalue weighted by molar-refractivity contribution is -0.385. The van der Waals surface area contributed by atoms with Crippen molar-refractivity contribution in [1.82, 2.24) is 0 Å². The number of nitrogens with zero attached hydrogens (tertiary/aromatic N) is 1. The predicted molar refractivity (Wildman–Crippen MR) is 84.2 cm³/mol. The lowest BCUT2D eigenvalue weighted by Gasteiger charge is -2.08. The average molecular weight is 295 g/mol. The molecule has 0 aromatic heterocycles. The van der Waals surface area contributed by atoms with E-state index in [-0.39, 0.29) is 17.2 Å². The number of nitro benzene ring substituents is 1. The van der Waals surface area contributed by atoms with Crippen LogP contribution in [0.25, 0.3) is 0 Å². The van der Waals surface area contributed by atoms with Gasteiger partial charge in [-0.25, -0.2) is 0 Å². The van der Waals surface area contributed by atoms with Crippen molar-refractivity contribution in [3.63, 3.8) is 0 Å². The molecule has 5 nitrogen and oxygen atoms in total. The molecule has 0 bridgehead atoms. The third kappa shape index (κ3) is 5.94. The molecule has 0 aliphatic carbocycles. The summed E-state index contributed by atoms with van der Waals surface area (Å²) in [5, 5.41) is 10.8. The van der Waals surface area contributed by atoms with Crippen molar-refractivity contribution < 1.29 is 14.5 Å². The van der Waals surface area contributed by atoms with Crippen LogP contribution in [0.5, 0.6) is 5.75 Å². The summed E-state index contributed by atoms with van der Waals surface area (Å²) in [7, 11) is 1.37. The Labute approximate surface area is 126 Å². The van der Waals surface area contributed by atoms with Crippen molar-refractivity contribution >= 4 is 11.5 Å². The first-order chi connectivity index (χ1) is 9.78. The molecule has 0 fully saturated rings. The van der Waals surface area contributed by atoms with Gasteiger partial charge in [0.05, 0.1) is 12.0 Å². The number of rotatable bonds is 5. The number of carbonyl (C=O) groups is 1. The zero-order valence-corrected chi connectivity index (χ0v) is 13.7. The van der Waals surface area contributed by atoms with Crippen molar-refractivity contribution in [3.05, 3.63) is 33.4 Å². The maximum Gasteiger partial charge on any atom is 0.311 e. The van der Waals surface area contributed by atoms with Crippen molar-refractivity contribution in [3.8, 4) is 5.75 Å². The van der Waals surface area contributed by atoms with Crippen LogP contribution in [0.15, 0.2) is 12.1 Å². The summed E-state index contributed by atoms with van der Waals surface area (Å²) in [6.07, 6.45) is 1.93. The van der Waals surface area contributed by atoms with E-state index in [0.29, 0.717) is 12.0 Å². The Morgan fingerprint density at radius 2 is 1.86 bits per heavy atom. The van der Waals surface area contributed by atoms with E-state index in [4.69, 9.17) is 4.74 Å². The Kier molecular flexibility index (Phi) is 8.28. The molecule has 0 aliphatic heterocycles. The minimum Gasteiger partial charge on any atom is -0.490 e. The van der Waals surface area contributed by atoms with Gasteiger partial charge in [-0.1, -0.05) is 34.1 Å². The molecule has 1 aromatic rings. The highest BCUT2D eigenvalue weighted by Gasteiger charge is 2.19. The molecule has 118 valence electrons. The SMILES string of the molecule is CCC(C)C.CCc1cc(OC)c([N+](=O)[O-])cc1C(C)=O. The largest absolute Gasteiger partial charge is 0.490 e. The number of ketones is 1. The quantitative estimate of drug-likeness (QED) is 0.458. The van der Waals surface area contributed by atoms with Gasteiger partial charge >= 0.3 is 5.69 Å². The fraction of sp³-hybridized carbons (Fsp3) is 0.562. The highest BCUT2D eigenvalue weighted by molar-refractivity contribution is 5.96. The number of nitro groups is 1. The van der Waals surface area contributed by atoms with Gasteiger partial charge in [-0.2, -0.15) is 0 Å². The first-order valence-corrected chi connectivity index (χ1v) is 7.14. The van der Waals surface area contributed by atoms with Gasteiger partial charge in [0.25, 0.3) is 0 Å². The molecule has 0 spiro atoms. The molecular weight excluding hydrogens is 270 g/mol. The molecule has 0 atom stereocenters. The summed E-state index contributed by atoms with van der Waals surface area (Å²) in [5.41, 5.74) is 0.967. The first kappa shape index (κ1) is 19.1. The van der Waals surface area contributed by atoms with Crippen LogP contribution in [-0.4, -0.2) is 17.8 Å². The summed E-state index contributed by atoms with van der Waals surface area (Å²) < 4.78 is 4.93. The maximum absolute atomic E-state index is 11.3. The predicted octanol–water partition coefficient (Wildman–Crippen LogP) is 4.42. The fourth-order valence-electron chi connectivity index (χ4n) is 1.54. The summed E-state index contributed by atoms with van der Waals surface area (Å²) in [6.45, 7) is 9.92. The molecule has 1 rings (SSSR count). The number of methoxy groups -OCH3 is 1. The van der Waals surface area contributed by atoms with Crippen LogP contribution >= 0.6 is 0 Å². The Morgan fingerprint density at radius 3 is 2.14 bits per heavy atom. The van der Waals surface area contributed by atoms with Crippen LogP contribution in [0, 0.1) is 16.0 Å². The number of hydrogen-bond acceptors (Lipinski definition) is 4. The van der Waals surface area contributed by atoms with E-state index in [0.717, 1.165) is 11.5 Å². The Morgan fingerprint density at radius 1 is 1.33 bits per heavy atom. The number of Topliss-reactive ketones (excluding diaryl/α,β-unsaturated/α-hetero) is 1. The van der Waals surface area contributed by atoms with Crippen LogP contribution in [0.3, 0.4) is 0 Å². The van der Waals surface area contributed by atoms with Crippen LogP contribution in [0.1, 0.15) is 57.0 Å². The highest BCUT2D eigenvalue weighted by atomic mass is 16.6. The number of carbonyl (C=O) groups excluding carboxylic acids is 1. The normalized spacial score (nSPS) is 9.86. The second-order valence-electron chi connectivity index (χ2n) is 5.15. The van der Waals surface area contributed by atoms with E-state index in [1.807, 2.05) is 6.92 Å². The van der Waals surface area contributed by atoms with E-state index in [1.165, 1.54) is 26.5 Å². The van der Waals surface area contributed by atoms with E-state index in [1.54, 1.807) is 6.07 Å². The lowest BCUT2D eigenvalue weighted by Crippen LogP contribution is -2.03. The molecular formula is C16H25NO4. The Hall–Kier alpha value is -1.91. The standard InChI is InChI=1S/C11H13NO4.C5H12/c1-4-8-5-11(16-3)10(12(14)15)6-9(8)7(2)13;1-4-5(2)3/h5-6H,4H2,1-3H3;5H,4H2,1-3H3. The summed E-state index contributed by atoms with van der Waals surface area (Å²) in [4.78, 5) is 21.6. The third-order valence-electron chi connectivity index (χ3n) is 3.18. The maximum atomic E-state index is 11.3. The van der Waals surface area contributed by atoms with Gasteiger partial charge in [0.1, 0.15) is 0 Å². The van der Waals surface area contributed by atoms with Crippen LogP contribution in [0.4, 0.5) is 5.69 Å². The minimum atomic E-state index is -0.551. The molecule has 21 heavy (non-hydrogen) atoms. The summed E-state index contributed by atoms with van der Waals surface area (Å²) in [6, 6.07) is 2.83. The van der Waals surface area contributed by atoms with Gasteiger partial charge in [-0.05, 0) is 30.9 Å². The zero-order chi connectivity index (χ0) is 16.6. The number of ether oxygens (including phenoxy) is 1. The van der Waals surface area contributed by atoms with Gasteiger partial charge in [0.2, 0.25) is 0 Å². The van der Waals surface area contributed by atoms with Crippen molar-refractivity contribution in [2.75, 3.05) is 7.11 Å². The molecule has 1 aromatic carbocycles. The summed E-state index contributed by atoms with van der Waals surface area (Å²) in [5.74, 6) is 0.893. The molecule has 0 saturated carbocycles. The highest BCUT2D eigenvalue weighted by Crippen LogP contribution is 2.30. The van der Waals surface area contributed by atoms with Crippen LogP contribution < -0.4 is 4.74 Å². The Bertz CT molecular complexity index is 458. The van der Waals surface area contributed by atoms with Crippen LogP contribution in [0.2, 0.25) is 0 Å². The van der Waals surface area contributed by atoms with Crippen molar-refractivity contribution in [2.24, 2.45) is 5.92 Å². The fourth-order valence-corrected chi connectivity index (χ4v) is 1.54. The Balaban J connectivity index is 0.000000690. The molecule has 0 saturated heterocycles. The molecule has 5 heteroatoms. The van der Waals surface area contributed by atoms with Crippen molar-refractivity contribution in [1.29, 1.82) is 0 Å². The number of benzene rings is 1. The van der Waals surface area contributed by atoms with Crippen LogP contribution in [-0.2, 0) is 6.42 Å². The van der Waals surface area contributed by atoms with Gasteiger partial charge in [-0.3, -0.25) is 14.9 Å². The van der Waals surface area contributed by atoms with E-state index in [2.05, 4.69) is 20.8 Å². The molecule has 0 unspecified atom stereocenters. The van der Waals surface area contributed by atoms with Gasteiger partial charge in [0.15, 0.2) is 11.5 Å². The van der Waals surface area contributed by atoms with Gasteiger partial charge in [-0.15, -0.1) is 0 Å². The molecule has 0 radical (unpaired) electrons. The lowest BCUT2D eigenvalue weighted by atomic mass is 10.0. The topological polar surface area (TPSA) is 69.4 Å². The molecule has 0 aliphatic rings. The second kappa shape index (κ2) is 9.10. The molecule has 0 amide bonds. The monoisotopic (exact) mass is 295 g/mol. The first-order valence-electron chi connectivity index (χ1n) is 7.14. The average Bonchev–Trinajstić information content (AvgIpc) is 2.45. The third-order valence-corrected chi connectivity index (χ3v) is 3.18. The number of hydrogen-bond donors (Lipinski definition) is 0. The zero-order valence-electron chi connectivity index (χ0n) is 13.7. The van der Waals surface area contributed by atoms with E-state index < -0.39 is 4.92 Å². The van der Waals surface area contributed by atoms with E-state index >= 15 is 0 Å². The smallest absolute Gasteiger partial charge is 0.311 e. The van der Waals surface area contributed by atoms with Gasteiger partial charge < -0.3 is 4.74 Å². The molecule has 0 heterocycles. The minimum absolute atomic E-state index is 0.176.